The van der Waals surface area contributed by atoms with Crippen molar-refractivity contribution in [3.8, 4) is 5.69 Å². The molecule has 1 aromatic carbocycles. The standard InChI is InChI=1S/C18H23N3O2S/c1-3-24(23)12-11-19-18(22)17-15-5-4-6-16(15)21(20-17)14-9-7-13(2)8-10-14/h7-10H,3-6,11-12H2,1-2H3,(H,19,22). The number of rotatable bonds is 6. The predicted octanol–water partition coefficient (Wildman–Crippen LogP) is 2.17. The molecule has 1 aromatic heterocycles. The molecule has 0 spiro atoms. The van der Waals surface area contributed by atoms with Gasteiger partial charge in [0.1, 0.15) is 0 Å². The molecule has 1 aliphatic rings. The minimum absolute atomic E-state index is 0.160. The van der Waals surface area contributed by atoms with Crippen LogP contribution in [-0.4, -0.2) is 37.9 Å². The highest BCUT2D eigenvalue weighted by Crippen LogP contribution is 2.27. The Morgan fingerprint density at radius 3 is 2.75 bits per heavy atom. The van der Waals surface area contributed by atoms with E-state index in [0.717, 1.165) is 36.2 Å². The maximum Gasteiger partial charge on any atom is 0.272 e. The molecule has 6 heteroatoms. The third kappa shape index (κ3) is 3.43. The molecule has 0 saturated heterocycles. The Morgan fingerprint density at radius 2 is 2.04 bits per heavy atom. The van der Waals surface area contributed by atoms with Gasteiger partial charge in [-0.1, -0.05) is 24.6 Å². The van der Waals surface area contributed by atoms with Crippen molar-refractivity contribution in [2.75, 3.05) is 18.1 Å². The average molecular weight is 345 g/mol. The number of aryl methyl sites for hydroxylation is 1. The first kappa shape index (κ1) is 16.9. The van der Waals surface area contributed by atoms with Gasteiger partial charge in [-0.05, 0) is 38.3 Å². The number of amides is 1. The minimum Gasteiger partial charge on any atom is -0.350 e. The van der Waals surface area contributed by atoms with E-state index in [-0.39, 0.29) is 5.91 Å². The van der Waals surface area contributed by atoms with Crippen molar-refractivity contribution in [1.82, 2.24) is 15.1 Å². The van der Waals surface area contributed by atoms with E-state index in [2.05, 4.69) is 29.5 Å². The van der Waals surface area contributed by atoms with Crippen molar-refractivity contribution in [3.63, 3.8) is 0 Å². The van der Waals surface area contributed by atoms with Crippen molar-refractivity contribution < 1.29 is 9.00 Å². The summed E-state index contributed by atoms with van der Waals surface area (Å²) in [5.41, 5.74) is 4.91. The first-order valence-corrected chi connectivity index (χ1v) is 9.90. The summed E-state index contributed by atoms with van der Waals surface area (Å²) in [7, 11) is -0.866. The third-order valence-electron chi connectivity index (χ3n) is 4.36. The van der Waals surface area contributed by atoms with E-state index >= 15 is 0 Å². The number of carbonyl (C=O) groups is 1. The second-order valence-electron chi connectivity index (χ2n) is 6.06. The highest BCUT2D eigenvalue weighted by molar-refractivity contribution is 7.84. The van der Waals surface area contributed by atoms with Crippen molar-refractivity contribution in [2.45, 2.75) is 33.1 Å². The Balaban J connectivity index is 1.82. The van der Waals surface area contributed by atoms with Crippen LogP contribution in [0.15, 0.2) is 24.3 Å². The molecule has 5 nitrogen and oxygen atoms in total. The zero-order valence-corrected chi connectivity index (χ0v) is 15.0. The Kier molecular flexibility index (Phi) is 5.14. The molecule has 1 atom stereocenters. The molecule has 1 N–H and O–H groups in total. The number of carbonyl (C=O) groups excluding carboxylic acids is 1. The molecule has 1 heterocycles. The Labute approximate surface area is 144 Å². The third-order valence-corrected chi connectivity index (χ3v) is 5.66. The molecule has 0 saturated carbocycles. The first-order chi connectivity index (χ1) is 11.6. The van der Waals surface area contributed by atoms with Gasteiger partial charge in [-0.2, -0.15) is 5.10 Å². The monoisotopic (exact) mass is 345 g/mol. The van der Waals surface area contributed by atoms with Gasteiger partial charge in [-0.25, -0.2) is 4.68 Å². The quantitative estimate of drug-likeness (QED) is 0.873. The van der Waals surface area contributed by atoms with Gasteiger partial charge < -0.3 is 5.32 Å². The molecule has 1 amide bonds. The number of nitrogens with one attached hydrogen (secondary N) is 1. The van der Waals surface area contributed by atoms with E-state index in [0.29, 0.717) is 23.7 Å². The molecule has 0 radical (unpaired) electrons. The van der Waals surface area contributed by atoms with Gasteiger partial charge in [0.2, 0.25) is 0 Å². The number of hydrogen-bond donors (Lipinski definition) is 1. The van der Waals surface area contributed by atoms with Crippen LogP contribution in [0.25, 0.3) is 5.69 Å². The lowest BCUT2D eigenvalue weighted by Crippen LogP contribution is -2.29. The van der Waals surface area contributed by atoms with Crippen LogP contribution < -0.4 is 5.32 Å². The zero-order valence-electron chi connectivity index (χ0n) is 14.2. The van der Waals surface area contributed by atoms with E-state index in [4.69, 9.17) is 0 Å². The van der Waals surface area contributed by atoms with Crippen LogP contribution in [0.3, 0.4) is 0 Å². The summed E-state index contributed by atoms with van der Waals surface area (Å²) < 4.78 is 13.4. The second-order valence-corrected chi connectivity index (χ2v) is 7.93. The average Bonchev–Trinajstić information content (AvgIpc) is 3.17. The van der Waals surface area contributed by atoms with Crippen LogP contribution in [-0.2, 0) is 23.6 Å². The van der Waals surface area contributed by atoms with Crippen LogP contribution in [0, 0.1) is 6.92 Å². The van der Waals surface area contributed by atoms with Gasteiger partial charge in [0.15, 0.2) is 5.69 Å². The van der Waals surface area contributed by atoms with Crippen LogP contribution in [0.4, 0.5) is 0 Å². The van der Waals surface area contributed by atoms with Crippen molar-refractivity contribution in [1.29, 1.82) is 0 Å². The van der Waals surface area contributed by atoms with Crippen LogP contribution in [0.5, 0.6) is 0 Å². The van der Waals surface area contributed by atoms with E-state index in [1.165, 1.54) is 5.56 Å². The smallest absolute Gasteiger partial charge is 0.272 e. The Bertz CT molecular complexity index is 765. The topological polar surface area (TPSA) is 64.0 Å². The summed E-state index contributed by atoms with van der Waals surface area (Å²) in [4.78, 5) is 12.5. The molecule has 0 bridgehead atoms. The number of aromatic nitrogens is 2. The molecule has 1 aliphatic carbocycles. The molecular formula is C18H23N3O2S. The highest BCUT2D eigenvalue weighted by Gasteiger charge is 2.26. The molecule has 24 heavy (non-hydrogen) atoms. The summed E-state index contributed by atoms with van der Waals surface area (Å²) in [5, 5.41) is 7.44. The summed E-state index contributed by atoms with van der Waals surface area (Å²) >= 11 is 0. The first-order valence-electron chi connectivity index (χ1n) is 8.41. The largest absolute Gasteiger partial charge is 0.350 e. The summed E-state index contributed by atoms with van der Waals surface area (Å²) in [5.74, 6) is 0.947. The van der Waals surface area contributed by atoms with E-state index in [1.54, 1.807) is 0 Å². The van der Waals surface area contributed by atoms with Gasteiger partial charge in [-0.15, -0.1) is 0 Å². The summed E-state index contributed by atoms with van der Waals surface area (Å²) in [6, 6.07) is 8.18. The van der Waals surface area contributed by atoms with Crippen LogP contribution in [0.2, 0.25) is 0 Å². The number of hydrogen-bond acceptors (Lipinski definition) is 3. The second kappa shape index (κ2) is 7.30. The van der Waals surface area contributed by atoms with Gasteiger partial charge in [-0.3, -0.25) is 9.00 Å². The lowest BCUT2D eigenvalue weighted by Gasteiger charge is -2.06. The number of nitrogens with zero attached hydrogens (tertiary/aromatic N) is 2. The normalized spacial score (nSPS) is 14.4. The molecular weight excluding hydrogens is 322 g/mol. The maximum absolute atomic E-state index is 12.5. The van der Waals surface area contributed by atoms with Gasteiger partial charge in [0.25, 0.3) is 5.91 Å². The fraction of sp³-hybridized carbons (Fsp3) is 0.444. The predicted molar refractivity (Wildman–Crippen MR) is 96.2 cm³/mol. The fourth-order valence-electron chi connectivity index (χ4n) is 3.03. The Hall–Kier alpha value is -1.95. The zero-order chi connectivity index (χ0) is 17.1. The number of fused-ring (bicyclic) bond motifs is 1. The number of benzene rings is 1. The summed E-state index contributed by atoms with van der Waals surface area (Å²) in [6.45, 7) is 4.36. The van der Waals surface area contributed by atoms with Crippen molar-refractivity contribution >= 4 is 16.7 Å². The molecule has 128 valence electrons. The fourth-order valence-corrected chi connectivity index (χ4v) is 3.64. The van der Waals surface area contributed by atoms with Crippen molar-refractivity contribution in [3.05, 3.63) is 46.8 Å². The van der Waals surface area contributed by atoms with E-state index < -0.39 is 10.8 Å². The lowest BCUT2D eigenvalue weighted by atomic mass is 10.2. The maximum atomic E-state index is 12.5. The molecule has 1 unspecified atom stereocenters. The lowest BCUT2D eigenvalue weighted by molar-refractivity contribution is 0.0950. The van der Waals surface area contributed by atoms with Gasteiger partial charge in [0, 0.05) is 40.1 Å². The van der Waals surface area contributed by atoms with Crippen molar-refractivity contribution in [2.24, 2.45) is 0 Å². The van der Waals surface area contributed by atoms with Gasteiger partial charge >= 0.3 is 0 Å². The summed E-state index contributed by atoms with van der Waals surface area (Å²) in [6.07, 6.45) is 2.90. The highest BCUT2D eigenvalue weighted by atomic mass is 32.2. The molecule has 0 fully saturated rings. The van der Waals surface area contributed by atoms with Crippen LogP contribution in [0.1, 0.15) is 40.7 Å². The SMILES string of the molecule is CCS(=O)CCNC(=O)c1nn(-c2ccc(C)cc2)c2c1CCC2. The molecule has 3 rings (SSSR count). The van der Waals surface area contributed by atoms with E-state index in [9.17, 15) is 9.00 Å². The van der Waals surface area contributed by atoms with Crippen LogP contribution >= 0.6 is 0 Å². The minimum atomic E-state index is -0.866. The molecule has 0 aliphatic heterocycles. The van der Waals surface area contributed by atoms with E-state index in [1.807, 2.05) is 23.7 Å². The van der Waals surface area contributed by atoms with Gasteiger partial charge in [0.05, 0.1) is 5.69 Å². The molecule has 2 aromatic rings. The Morgan fingerprint density at radius 1 is 1.29 bits per heavy atom.